The second-order valence-electron chi connectivity index (χ2n) is 2.53. The van der Waals surface area contributed by atoms with E-state index >= 15 is 0 Å². The molecular formula is C8H11NO3. The van der Waals surface area contributed by atoms with E-state index in [1.54, 1.807) is 6.92 Å². The summed E-state index contributed by atoms with van der Waals surface area (Å²) in [5, 5.41) is 8.49. The molecule has 1 heterocycles. The summed E-state index contributed by atoms with van der Waals surface area (Å²) in [7, 11) is 0. The molecule has 0 aliphatic carbocycles. The van der Waals surface area contributed by atoms with Gasteiger partial charge >= 0.3 is 5.97 Å². The van der Waals surface area contributed by atoms with Crippen LogP contribution in [0.5, 0.6) is 0 Å². The van der Waals surface area contributed by atoms with E-state index in [2.05, 4.69) is 4.98 Å². The summed E-state index contributed by atoms with van der Waals surface area (Å²) in [6, 6.07) is 0. The maximum Gasteiger partial charge on any atom is 0.309 e. The molecule has 1 N–H and O–H groups in total. The van der Waals surface area contributed by atoms with Gasteiger partial charge in [0.2, 0.25) is 0 Å². The van der Waals surface area contributed by atoms with Crippen LogP contribution in [0, 0.1) is 6.92 Å². The molecule has 66 valence electrons. The lowest BCUT2D eigenvalue weighted by Gasteiger charge is -1.88. The van der Waals surface area contributed by atoms with Crippen molar-refractivity contribution in [3.8, 4) is 0 Å². The van der Waals surface area contributed by atoms with Crippen molar-refractivity contribution >= 4 is 5.97 Å². The number of aromatic nitrogens is 1. The van der Waals surface area contributed by atoms with Crippen molar-refractivity contribution in [2.75, 3.05) is 0 Å². The average molecular weight is 169 g/mol. The van der Waals surface area contributed by atoms with Crippen LogP contribution in [0.25, 0.3) is 0 Å². The van der Waals surface area contributed by atoms with E-state index in [-0.39, 0.29) is 6.42 Å². The Hall–Kier alpha value is -1.32. The number of aryl methyl sites for hydroxylation is 2. The number of carboxylic acids is 1. The molecule has 4 heteroatoms. The summed E-state index contributed by atoms with van der Waals surface area (Å²) in [5.74, 6) is 0.326. The van der Waals surface area contributed by atoms with E-state index in [9.17, 15) is 4.79 Å². The Kier molecular flexibility index (Phi) is 2.47. The summed E-state index contributed by atoms with van der Waals surface area (Å²) in [5.41, 5.74) is 0.527. The number of hydrogen-bond acceptors (Lipinski definition) is 3. The molecule has 4 nitrogen and oxygen atoms in total. The van der Waals surface area contributed by atoms with E-state index in [4.69, 9.17) is 9.52 Å². The Labute approximate surface area is 70.2 Å². The Morgan fingerprint density at radius 3 is 2.75 bits per heavy atom. The fourth-order valence-electron chi connectivity index (χ4n) is 0.946. The molecule has 0 fully saturated rings. The number of rotatable bonds is 3. The van der Waals surface area contributed by atoms with Gasteiger partial charge in [-0.25, -0.2) is 4.98 Å². The zero-order chi connectivity index (χ0) is 9.14. The SMILES string of the molecule is CCc1nc(CC(=O)O)c(C)o1. The quantitative estimate of drug-likeness (QED) is 0.737. The molecule has 0 aliphatic heterocycles. The van der Waals surface area contributed by atoms with Gasteiger partial charge in [0.15, 0.2) is 5.89 Å². The van der Waals surface area contributed by atoms with Crippen LogP contribution in [0.2, 0.25) is 0 Å². The maximum absolute atomic E-state index is 10.3. The van der Waals surface area contributed by atoms with Crippen LogP contribution in [-0.4, -0.2) is 16.1 Å². The minimum Gasteiger partial charge on any atom is -0.481 e. The van der Waals surface area contributed by atoms with Crippen molar-refractivity contribution in [2.45, 2.75) is 26.7 Å². The molecule has 0 bridgehead atoms. The maximum atomic E-state index is 10.3. The smallest absolute Gasteiger partial charge is 0.309 e. The first kappa shape index (κ1) is 8.77. The van der Waals surface area contributed by atoms with Crippen LogP contribution in [0.15, 0.2) is 4.42 Å². The lowest BCUT2D eigenvalue weighted by molar-refractivity contribution is -0.136. The average Bonchev–Trinajstić information content (AvgIpc) is 2.31. The summed E-state index contributed by atoms with van der Waals surface area (Å²) < 4.78 is 5.19. The van der Waals surface area contributed by atoms with E-state index in [0.29, 0.717) is 23.8 Å². The van der Waals surface area contributed by atoms with Crippen LogP contribution in [-0.2, 0) is 17.6 Å². The highest BCUT2D eigenvalue weighted by atomic mass is 16.4. The van der Waals surface area contributed by atoms with Crippen molar-refractivity contribution in [3.63, 3.8) is 0 Å². The molecular weight excluding hydrogens is 158 g/mol. The highest BCUT2D eigenvalue weighted by molar-refractivity contribution is 5.69. The van der Waals surface area contributed by atoms with Gasteiger partial charge in [0.05, 0.1) is 12.1 Å². The number of carboxylic acid groups (broad SMARTS) is 1. The number of oxazole rings is 1. The summed E-state index contributed by atoms with van der Waals surface area (Å²) >= 11 is 0. The Morgan fingerprint density at radius 2 is 2.33 bits per heavy atom. The topological polar surface area (TPSA) is 63.3 Å². The van der Waals surface area contributed by atoms with E-state index < -0.39 is 5.97 Å². The normalized spacial score (nSPS) is 10.2. The number of aliphatic carboxylic acids is 1. The number of carbonyl (C=O) groups is 1. The third-order valence-corrected chi connectivity index (χ3v) is 1.56. The summed E-state index contributed by atoms with van der Waals surface area (Å²) in [4.78, 5) is 14.4. The molecule has 0 saturated heterocycles. The van der Waals surface area contributed by atoms with Gasteiger partial charge in [0, 0.05) is 6.42 Å². The molecule has 0 atom stereocenters. The Morgan fingerprint density at radius 1 is 1.67 bits per heavy atom. The largest absolute Gasteiger partial charge is 0.481 e. The number of hydrogen-bond donors (Lipinski definition) is 1. The zero-order valence-corrected chi connectivity index (χ0v) is 7.13. The van der Waals surface area contributed by atoms with Crippen molar-refractivity contribution in [2.24, 2.45) is 0 Å². The van der Waals surface area contributed by atoms with Gasteiger partial charge < -0.3 is 9.52 Å². The van der Waals surface area contributed by atoms with E-state index in [1.807, 2.05) is 6.92 Å². The first-order valence-corrected chi connectivity index (χ1v) is 3.80. The van der Waals surface area contributed by atoms with E-state index in [0.717, 1.165) is 0 Å². The van der Waals surface area contributed by atoms with Gasteiger partial charge in [-0.15, -0.1) is 0 Å². The fourth-order valence-corrected chi connectivity index (χ4v) is 0.946. The third kappa shape index (κ3) is 1.84. The zero-order valence-electron chi connectivity index (χ0n) is 7.13. The molecule has 0 radical (unpaired) electrons. The van der Waals surface area contributed by atoms with Gasteiger partial charge in [0.1, 0.15) is 5.76 Å². The number of nitrogens with zero attached hydrogens (tertiary/aromatic N) is 1. The van der Waals surface area contributed by atoms with Crippen molar-refractivity contribution in [3.05, 3.63) is 17.3 Å². The first-order valence-electron chi connectivity index (χ1n) is 3.80. The van der Waals surface area contributed by atoms with Gasteiger partial charge in [0.25, 0.3) is 0 Å². The van der Waals surface area contributed by atoms with Gasteiger partial charge in [-0.1, -0.05) is 6.92 Å². The monoisotopic (exact) mass is 169 g/mol. The van der Waals surface area contributed by atoms with Gasteiger partial charge in [-0.05, 0) is 6.92 Å². The summed E-state index contributed by atoms with van der Waals surface area (Å²) in [6.45, 7) is 3.64. The lowest BCUT2D eigenvalue weighted by atomic mass is 10.3. The van der Waals surface area contributed by atoms with Gasteiger partial charge in [-0.3, -0.25) is 4.79 Å². The van der Waals surface area contributed by atoms with Crippen LogP contribution >= 0.6 is 0 Å². The first-order chi connectivity index (χ1) is 5.63. The molecule has 0 amide bonds. The van der Waals surface area contributed by atoms with Crippen LogP contribution in [0.4, 0.5) is 0 Å². The molecule has 0 aliphatic rings. The van der Waals surface area contributed by atoms with Crippen LogP contribution in [0.1, 0.15) is 24.3 Å². The summed E-state index contributed by atoms with van der Waals surface area (Å²) in [6.07, 6.45) is 0.635. The van der Waals surface area contributed by atoms with Crippen molar-refractivity contribution in [1.82, 2.24) is 4.98 Å². The molecule has 1 rings (SSSR count). The van der Waals surface area contributed by atoms with Crippen LogP contribution < -0.4 is 0 Å². The standard InChI is InChI=1S/C8H11NO3/c1-3-7-9-6(4-8(10)11)5(2)12-7/h3-4H2,1-2H3,(H,10,11). The third-order valence-electron chi connectivity index (χ3n) is 1.56. The van der Waals surface area contributed by atoms with Crippen molar-refractivity contribution < 1.29 is 14.3 Å². The fraction of sp³-hybridized carbons (Fsp3) is 0.500. The molecule has 1 aromatic rings. The predicted molar refractivity (Wildman–Crippen MR) is 42.0 cm³/mol. The molecule has 0 saturated carbocycles. The molecule has 0 aromatic carbocycles. The predicted octanol–water partition coefficient (Wildman–Crippen LogP) is 1.17. The van der Waals surface area contributed by atoms with Crippen LogP contribution in [0.3, 0.4) is 0 Å². The van der Waals surface area contributed by atoms with E-state index in [1.165, 1.54) is 0 Å². The second kappa shape index (κ2) is 3.38. The van der Waals surface area contributed by atoms with Gasteiger partial charge in [-0.2, -0.15) is 0 Å². The highest BCUT2D eigenvalue weighted by Gasteiger charge is 2.10. The Bertz CT molecular complexity index is 290. The Balaban J connectivity index is 2.84. The highest BCUT2D eigenvalue weighted by Crippen LogP contribution is 2.10. The molecule has 1 aromatic heterocycles. The molecule has 0 spiro atoms. The minimum atomic E-state index is -0.881. The molecule has 12 heavy (non-hydrogen) atoms. The minimum absolute atomic E-state index is 0.0602. The lowest BCUT2D eigenvalue weighted by Crippen LogP contribution is -2.01. The second-order valence-corrected chi connectivity index (χ2v) is 2.53. The van der Waals surface area contributed by atoms with Crippen molar-refractivity contribution in [1.29, 1.82) is 0 Å². The molecule has 0 unspecified atom stereocenters.